The molecular weight excluding hydrogens is 200 g/mol. The van der Waals surface area contributed by atoms with E-state index in [0.29, 0.717) is 18.1 Å². The zero-order chi connectivity index (χ0) is 12.1. The molecule has 1 aromatic rings. The summed E-state index contributed by atoms with van der Waals surface area (Å²) in [6, 6.07) is 4.00. The number of ether oxygens (including phenoxy) is 1. The molecular formula is C13H16N2O. The van der Waals surface area contributed by atoms with Gasteiger partial charge in [-0.2, -0.15) is 5.26 Å². The fourth-order valence-electron chi connectivity index (χ4n) is 1.36. The van der Waals surface area contributed by atoms with Crippen LogP contribution in [0.3, 0.4) is 0 Å². The molecule has 0 atom stereocenters. The summed E-state index contributed by atoms with van der Waals surface area (Å²) in [6.07, 6.45) is 0.777. The van der Waals surface area contributed by atoms with E-state index in [4.69, 9.17) is 10.00 Å². The molecule has 3 nitrogen and oxygen atoms in total. The Bertz CT molecular complexity index is 444. The van der Waals surface area contributed by atoms with Crippen LogP contribution < -0.4 is 4.74 Å². The Labute approximate surface area is 96.4 Å². The van der Waals surface area contributed by atoms with Crippen molar-refractivity contribution in [2.75, 3.05) is 6.61 Å². The summed E-state index contributed by atoms with van der Waals surface area (Å²) in [5, 5.41) is 9.01. The Morgan fingerprint density at radius 3 is 2.81 bits per heavy atom. The van der Waals surface area contributed by atoms with Crippen LogP contribution in [0.15, 0.2) is 18.2 Å². The zero-order valence-corrected chi connectivity index (χ0v) is 10.0. The molecule has 0 radical (unpaired) electrons. The summed E-state index contributed by atoms with van der Waals surface area (Å²) >= 11 is 0. The van der Waals surface area contributed by atoms with Gasteiger partial charge >= 0.3 is 0 Å². The van der Waals surface area contributed by atoms with Crippen LogP contribution in [-0.4, -0.2) is 11.6 Å². The maximum Gasteiger partial charge on any atom is 0.232 e. The molecule has 0 aromatic carbocycles. The highest BCUT2D eigenvalue weighted by Crippen LogP contribution is 2.20. The topological polar surface area (TPSA) is 45.9 Å². The molecule has 1 rings (SSSR count). The Balaban J connectivity index is 2.86. The summed E-state index contributed by atoms with van der Waals surface area (Å²) in [5.41, 5.74) is 3.34. The molecule has 3 heteroatoms. The van der Waals surface area contributed by atoms with Crippen LogP contribution in [0.25, 0.3) is 0 Å². The first kappa shape index (κ1) is 12.3. The lowest BCUT2D eigenvalue weighted by molar-refractivity contribution is 0.307. The van der Waals surface area contributed by atoms with Gasteiger partial charge in [0.15, 0.2) is 0 Å². The average Bonchev–Trinajstić information content (AvgIpc) is 2.16. The molecule has 0 aliphatic heterocycles. The van der Waals surface area contributed by atoms with Crippen molar-refractivity contribution in [3.8, 4) is 11.9 Å². The predicted molar refractivity (Wildman–Crippen MR) is 63.4 cm³/mol. The molecule has 0 spiro atoms. The molecule has 84 valence electrons. The molecule has 1 aromatic heterocycles. The molecule has 0 saturated heterocycles. The van der Waals surface area contributed by atoms with Gasteiger partial charge in [-0.3, -0.25) is 0 Å². The second kappa shape index (κ2) is 5.32. The van der Waals surface area contributed by atoms with Gasteiger partial charge in [0.05, 0.1) is 6.61 Å². The van der Waals surface area contributed by atoms with E-state index in [1.54, 1.807) is 0 Å². The fourth-order valence-corrected chi connectivity index (χ4v) is 1.36. The van der Waals surface area contributed by atoms with E-state index < -0.39 is 0 Å². The molecule has 0 N–H and O–H groups in total. The van der Waals surface area contributed by atoms with E-state index >= 15 is 0 Å². The average molecular weight is 216 g/mol. The van der Waals surface area contributed by atoms with Crippen LogP contribution in [0.5, 0.6) is 5.88 Å². The summed E-state index contributed by atoms with van der Waals surface area (Å²) in [4.78, 5) is 4.23. The second-order valence-corrected chi connectivity index (χ2v) is 3.93. The largest absolute Gasteiger partial charge is 0.476 e. The number of nitrogens with zero attached hydrogens (tertiary/aromatic N) is 2. The van der Waals surface area contributed by atoms with E-state index in [1.807, 2.05) is 26.8 Å². The van der Waals surface area contributed by atoms with Crippen LogP contribution in [0.2, 0.25) is 0 Å². The number of nitriles is 1. The van der Waals surface area contributed by atoms with Crippen molar-refractivity contribution < 1.29 is 4.74 Å². The van der Waals surface area contributed by atoms with Gasteiger partial charge in [0.1, 0.15) is 11.6 Å². The third-order valence-corrected chi connectivity index (χ3v) is 2.19. The lowest BCUT2D eigenvalue weighted by Crippen LogP contribution is -2.03. The Kier molecular flexibility index (Phi) is 4.07. The molecule has 0 aliphatic carbocycles. The maximum absolute atomic E-state index is 9.01. The minimum Gasteiger partial charge on any atom is -0.476 e. The highest BCUT2D eigenvalue weighted by molar-refractivity contribution is 5.45. The van der Waals surface area contributed by atoms with E-state index in [0.717, 1.165) is 23.3 Å². The number of pyridine rings is 1. The van der Waals surface area contributed by atoms with Crippen molar-refractivity contribution >= 4 is 0 Å². The monoisotopic (exact) mass is 216 g/mol. The smallest absolute Gasteiger partial charge is 0.232 e. The Morgan fingerprint density at radius 2 is 2.25 bits per heavy atom. The molecule has 0 aliphatic rings. The number of hydrogen-bond donors (Lipinski definition) is 0. The lowest BCUT2D eigenvalue weighted by Gasteiger charge is -2.09. The Hall–Kier alpha value is -1.82. The van der Waals surface area contributed by atoms with E-state index in [1.165, 1.54) is 0 Å². The highest BCUT2D eigenvalue weighted by Gasteiger charge is 2.09. The number of aromatic nitrogens is 1. The van der Waals surface area contributed by atoms with Gasteiger partial charge < -0.3 is 4.74 Å². The van der Waals surface area contributed by atoms with Crippen molar-refractivity contribution in [2.24, 2.45) is 0 Å². The minimum absolute atomic E-state index is 0.432. The van der Waals surface area contributed by atoms with Gasteiger partial charge in [-0.25, -0.2) is 4.98 Å². The molecule has 0 saturated carbocycles. The van der Waals surface area contributed by atoms with Gasteiger partial charge in [-0.15, -0.1) is 6.58 Å². The second-order valence-electron chi connectivity index (χ2n) is 3.93. The standard InChI is InChI=1S/C13H16N2O/c1-9(2)5-6-16-13-12(8-14)10(3)7-11(4)15-13/h7H,1,5-6H2,2-4H3. The third kappa shape index (κ3) is 3.09. The predicted octanol–water partition coefficient (Wildman–Crippen LogP) is 2.92. The van der Waals surface area contributed by atoms with Crippen molar-refractivity contribution in [1.29, 1.82) is 5.26 Å². The molecule has 0 bridgehead atoms. The summed E-state index contributed by atoms with van der Waals surface area (Å²) in [6.45, 7) is 10.0. The van der Waals surface area contributed by atoms with Crippen molar-refractivity contribution in [2.45, 2.75) is 27.2 Å². The van der Waals surface area contributed by atoms with Crippen molar-refractivity contribution in [1.82, 2.24) is 4.98 Å². The third-order valence-electron chi connectivity index (χ3n) is 2.19. The minimum atomic E-state index is 0.432. The van der Waals surface area contributed by atoms with Crippen LogP contribution >= 0.6 is 0 Å². The number of rotatable bonds is 4. The summed E-state index contributed by atoms with van der Waals surface area (Å²) < 4.78 is 5.51. The van der Waals surface area contributed by atoms with E-state index in [-0.39, 0.29) is 0 Å². The first-order valence-electron chi connectivity index (χ1n) is 5.20. The van der Waals surface area contributed by atoms with Crippen LogP contribution in [0.1, 0.15) is 30.2 Å². The SMILES string of the molecule is C=C(C)CCOc1nc(C)cc(C)c1C#N. The summed E-state index contributed by atoms with van der Waals surface area (Å²) in [5.74, 6) is 0.432. The molecule has 0 unspecified atom stereocenters. The van der Waals surface area contributed by atoms with Crippen molar-refractivity contribution in [3.05, 3.63) is 35.0 Å². The number of hydrogen-bond acceptors (Lipinski definition) is 3. The molecule has 0 fully saturated rings. The highest BCUT2D eigenvalue weighted by atomic mass is 16.5. The quantitative estimate of drug-likeness (QED) is 0.727. The first-order chi connectivity index (χ1) is 7.54. The first-order valence-corrected chi connectivity index (χ1v) is 5.20. The van der Waals surface area contributed by atoms with Crippen molar-refractivity contribution in [3.63, 3.8) is 0 Å². The van der Waals surface area contributed by atoms with E-state index in [9.17, 15) is 0 Å². The lowest BCUT2D eigenvalue weighted by atomic mass is 10.1. The fraction of sp³-hybridized carbons (Fsp3) is 0.385. The molecule has 0 amide bonds. The van der Waals surface area contributed by atoms with Gasteiger partial charge in [0.25, 0.3) is 0 Å². The van der Waals surface area contributed by atoms with Gasteiger partial charge in [0, 0.05) is 12.1 Å². The normalized spacial score (nSPS) is 9.62. The van der Waals surface area contributed by atoms with Crippen LogP contribution in [-0.2, 0) is 0 Å². The number of aryl methyl sites for hydroxylation is 2. The van der Waals surface area contributed by atoms with Crippen LogP contribution in [0.4, 0.5) is 0 Å². The van der Waals surface area contributed by atoms with Crippen LogP contribution in [0, 0.1) is 25.2 Å². The van der Waals surface area contributed by atoms with Gasteiger partial charge in [-0.05, 0) is 32.4 Å². The van der Waals surface area contributed by atoms with Gasteiger partial charge in [-0.1, -0.05) is 5.57 Å². The molecule has 1 heterocycles. The van der Waals surface area contributed by atoms with E-state index in [2.05, 4.69) is 17.6 Å². The maximum atomic E-state index is 9.01. The Morgan fingerprint density at radius 1 is 1.56 bits per heavy atom. The summed E-state index contributed by atoms with van der Waals surface area (Å²) in [7, 11) is 0. The zero-order valence-electron chi connectivity index (χ0n) is 10.0. The van der Waals surface area contributed by atoms with Gasteiger partial charge in [0.2, 0.25) is 5.88 Å². The molecule has 16 heavy (non-hydrogen) atoms.